The number of carbonyl (C=O) groups is 2. The van der Waals surface area contributed by atoms with Crippen molar-refractivity contribution in [2.24, 2.45) is 0 Å². The van der Waals surface area contributed by atoms with Gasteiger partial charge in [0, 0.05) is 12.8 Å². The van der Waals surface area contributed by atoms with E-state index in [0.717, 1.165) is 38.5 Å². The average Bonchev–Trinajstić information content (AvgIpc) is 3.03. The Hall–Kier alpha value is -1.33. The summed E-state index contributed by atoms with van der Waals surface area (Å²) < 4.78 is 12.0. The summed E-state index contributed by atoms with van der Waals surface area (Å²) in [5.41, 5.74) is 0. The molecule has 0 N–H and O–H groups in total. The third kappa shape index (κ3) is 39.1. The quantitative estimate of drug-likeness (QED) is 0.0287. The molecule has 0 heterocycles. The van der Waals surface area contributed by atoms with E-state index in [-0.39, 0.29) is 31.0 Å². The number of unbranched alkanes of at least 4 members (excludes halogenated alkanes) is 22. The van der Waals surface area contributed by atoms with E-state index < -0.39 is 6.10 Å². The standard InChI is InChI=1S/C42H80NO4.ClH/c1-6-8-10-12-14-16-18-20-22-24-26-28-30-32-34-36-41(44)46-39-40(38-43(3,4)5)47-42(45)37-35-33-31-29-27-25-23-21-19-17-15-13-11-9-7-2;/h20-23,40H,6-19,24-39H2,1-5H3;1H/q+1;/p-1/b22-20+,23-21+;. The van der Waals surface area contributed by atoms with Gasteiger partial charge in [0.2, 0.25) is 0 Å². The lowest BCUT2D eigenvalue weighted by Crippen LogP contribution is -3.00. The van der Waals surface area contributed by atoms with E-state index in [1.165, 1.54) is 128 Å². The van der Waals surface area contributed by atoms with Gasteiger partial charge in [0.05, 0.1) is 21.1 Å². The predicted molar refractivity (Wildman–Crippen MR) is 203 cm³/mol. The largest absolute Gasteiger partial charge is 1.00 e. The molecular weight excluding hydrogens is 618 g/mol. The molecule has 0 saturated carbocycles. The van der Waals surface area contributed by atoms with Gasteiger partial charge in [0.25, 0.3) is 0 Å². The van der Waals surface area contributed by atoms with E-state index in [1.807, 2.05) is 0 Å². The Balaban J connectivity index is 0. The zero-order chi connectivity index (χ0) is 34.7. The molecule has 1 unspecified atom stereocenters. The summed E-state index contributed by atoms with van der Waals surface area (Å²) in [7, 11) is 6.20. The van der Waals surface area contributed by atoms with Gasteiger partial charge < -0.3 is 26.4 Å². The number of likely N-dealkylation sites (N-methyl/N-ethyl adjacent to an activating group) is 1. The van der Waals surface area contributed by atoms with Crippen LogP contribution < -0.4 is 12.4 Å². The van der Waals surface area contributed by atoms with Gasteiger partial charge in [-0.1, -0.05) is 141 Å². The Bertz CT molecular complexity index is 761. The second kappa shape index (κ2) is 36.9. The number of hydrogen-bond acceptors (Lipinski definition) is 4. The Morgan fingerprint density at radius 3 is 1.21 bits per heavy atom. The number of allylic oxidation sites excluding steroid dienone is 4. The van der Waals surface area contributed by atoms with Crippen LogP contribution in [-0.2, 0) is 19.1 Å². The van der Waals surface area contributed by atoms with Crippen LogP contribution in [0.5, 0.6) is 0 Å². The van der Waals surface area contributed by atoms with E-state index >= 15 is 0 Å². The fraction of sp³-hybridized carbons (Fsp3) is 0.857. The second-order valence-corrected chi connectivity index (χ2v) is 14.9. The molecule has 284 valence electrons. The summed E-state index contributed by atoms with van der Waals surface area (Å²) in [6, 6.07) is 0. The highest BCUT2D eigenvalue weighted by Crippen LogP contribution is 2.13. The fourth-order valence-electron chi connectivity index (χ4n) is 5.92. The normalized spacial score (nSPS) is 12.4. The maximum absolute atomic E-state index is 12.6. The first-order chi connectivity index (χ1) is 22.8. The summed E-state index contributed by atoms with van der Waals surface area (Å²) in [6.45, 7) is 5.31. The summed E-state index contributed by atoms with van der Waals surface area (Å²) in [6.07, 6.45) is 42.1. The zero-order valence-electron chi connectivity index (χ0n) is 32.6. The molecule has 0 spiro atoms. The van der Waals surface area contributed by atoms with Gasteiger partial charge in [0.1, 0.15) is 13.2 Å². The molecule has 0 saturated heterocycles. The number of hydrogen-bond donors (Lipinski definition) is 0. The highest BCUT2D eigenvalue weighted by Gasteiger charge is 2.23. The molecule has 0 aromatic heterocycles. The second-order valence-electron chi connectivity index (χ2n) is 14.9. The molecule has 0 amide bonds. The molecule has 0 aliphatic carbocycles. The van der Waals surface area contributed by atoms with E-state index in [2.05, 4.69) is 59.3 Å². The monoisotopic (exact) mass is 698 g/mol. The van der Waals surface area contributed by atoms with Crippen molar-refractivity contribution in [3.05, 3.63) is 24.3 Å². The van der Waals surface area contributed by atoms with Crippen LogP contribution in [-0.4, -0.2) is 56.8 Å². The topological polar surface area (TPSA) is 52.6 Å². The number of quaternary nitrogens is 1. The maximum atomic E-state index is 12.6. The SMILES string of the molecule is CCCCCCCC/C=C/CCCCCCCC(=O)OCC(C[N+](C)(C)C)OC(=O)CCCCCCC/C=C/CCCCCCCC.[Cl-]. The molecule has 1 atom stereocenters. The van der Waals surface area contributed by atoms with Gasteiger partial charge in [-0.15, -0.1) is 0 Å². The Morgan fingerprint density at radius 2 is 0.833 bits per heavy atom. The van der Waals surface area contributed by atoms with Crippen molar-refractivity contribution in [2.75, 3.05) is 34.3 Å². The van der Waals surface area contributed by atoms with Gasteiger partial charge in [-0.05, 0) is 64.2 Å². The van der Waals surface area contributed by atoms with Gasteiger partial charge in [0.15, 0.2) is 6.10 Å². The molecule has 6 heteroatoms. The molecule has 0 radical (unpaired) electrons. The number of ether oxygens (including phenoxy) is 2. The molecule has 0 fully saturated rings. The summed E-state index contributed by atoms with van der Waals surface area (Å²) in [4.78, 5) is 24.9. The van der Waals surface area contributed by atoms with Crippen molar-refractivity contribution in [1.82, 2.24) is 0 Å². The van der Waals surface area contributed by atoms with Crippen LogP contribution in [0.25, 0.3) is 0 Å². The van der Waals surface area contributed by atoms with Crippen molar-refractivity contribution in [3.63, 3.8) is 0 Å². The molecule has 0 aromatic rings. The van der Waals surface area contributed by atoms with Crippen LogP contribution in [0.15, 0.2) is 24.3 Å². The lowest BCUT2D eigenvalue weighted by Gasteiger charge is -2.28. The molecule has 0 aliphatic rings. The van der Waals surface area contributed by atoms with E-state index in [1.54, 1.807) is 0 Å². The lowest BCUT2D eigenvalue weighted by molar-refractivity contribution is -0.873. The predicted octanol–water partition coefficient (Wildman–Crippen LogP) is 9.23. The highest BCUT2D eigenvalue weighted by atomic mass is 35.5. The van der Waals surface area contributed by atoms with Crippen molar-refractivity contribution in [3.8, 4) is 0 Å². The van der Waals surface area contributed by atoms with E-state index in [0.29, 0.717) is 23.9 Å². The van der Waals surface area contributed by atoms with Gasteiger partial charge in [-0.25, -0.2) is 0 Å². The molecular formula is C42H80ClNO4. The number of carbonyl (C=O) groups excluding carboxylic acids is 2. The van der Waals surface area contributed by atoms with Crippen LogP contribution in [0, 0.1) is 0 Å². The molecule has 0 rings (SSSR count). The van der Waals surface area contributed by atoms with Crippen LogP contribution in [0.4, 0.5) is 0 Å². The first kappa shape index (κ1) is 48.8. The summed E-state index contributed by atoms with van der Waals surface area (Å²) >= 11 is 0. The van der Waals surface area contributed by atoms with E-state index in [9.17, 15) is 9.59 Å². The Morgan fingerprint density at radius 1 is 0.500 bits per heavy atom. The van der Waals surface area contributed by atoms with Crippen LogP contribution in [0.3, 0.4) is 0 Å². The highest BCUT2D eigenvalue weighted by molar-refractivity contribution is 5.70. The first-order valence-electron chi connectivity index (χ1n) is 20.2. The average molecular weight is 699 g/mol. The maximum Gasteiger partial charge on any atom is 0.306 e. The molecule has 0 aromatic carbocycles. The third-order valence-electron chi connectivity index (χ3n) is 8.77. The summed E-state index contributed by atoms with van der Waals surface area (Å²) in [5, 5.41) is 0. The van der Waals surface area contributed by atoms with Crippen LogP contribution >= 0.6 is 0 Å². The minimum atomic E-state index is -0.399. The molecule has 0 bridgehead atoms. The third-order valence-corrected chi connectivity index (χ3v) is 8.77. The van der Waals surface area contributed by atoms with Crippen molar-refractivity contribution < 1.29 is 36.0 Å². The number of halogens is 1. The smallest absolute Gasteiger partial charge is 0.306 e. The van der Waals surface area contributed by atoms with Gasteiger partial charge in [-0.2, -0.15) is 0 Å². The Labute approximate surface area is 305 Å². The van der Waals surface area contributed by atoms with Crippen molar-refractivity contribution in [2.45, 2.75) is 200 Å². The van der Waals surface area contributed by atoms with E-state index in [4.69, 9.17) is 9.47 Å². The zero-order valence-corrected chi connectivity index (χ0v) is 33.3. The number of nitrogens with zero attached hydrogens (tertiary/aromatic N) is 1. The van der Waals surface area contributed by atoms with Crippen LogP contribution in [0.2, 0.25) is 0 Å². The van der Waals surface area contributed by atoms with Crippen molar-refractivity contribution >= 4 is 11.9 Å². The molecule has 48 heavy (non-hydrogen) atoms. The van der Waals surface area contributed by atoms with Gasteiger partial charge >= 0.3 is 11.9 Å². The summed E-state index contributed by atoms with van der Waals surface area (Å²) in [5.74, 6) is -0.350. The fourth-order valence-corrected chi connectivity index (χ4v) is 5.92. The minimum absolute atomic E-state index is 0. The van der Waals surface area contributed by atoms with Gasteiger partial charge in [-0.3, -0.25) is 9.59 Å². The lowest BCUT2D eigenvalue weighted by atomic mass is 10.1. The Kier molecular flexibility index (Phi) is 37.5. The molecule has 0 aliphatic heterocycles. The number of esters is 2. The number of rotatable bonds is 35. The van der Waals surface area contributed by atoms with Crippen molar-refractivity contribution in [1.29, 1.82) is 0 Å². The minimum Gasteiger partial charge on any atom is -1.00 e. The van der Waals surface area contributed by atoms with Crippen LogP contribution in [0.1, 0.15) is 194 Å². The molecule has 5 nitrogen and oxygen atoms in total. The first-order valence-corrected chi connectivity index (χ1v) is 20.2.